The standard InChI is InChI=1S/C26H31FN4O5S/c1-5-15(2)30-11-19(14-36-16(3)13-35-4)31-12-20(23(32)24(33)22(31)26(30)34)25-29-28-21(37-25)10-17-6-8-18(27)9-7-17/h6-9,12,15-16,19,33H,5,10-11,13-14H2,1-4H3/t15?,16-,19-/m1/s1. The first-order chi connectivity index (χ1) is 17.7. The van der Waals surface area contributed by atoms with Crippen LogP contribution >= 0.6 is 11.3 Å². The number of methoxy groups -OCH3 is 1. The summed E-state index contributed by atoms with van der Waals surface area (Å²) in [5.41, 5.74) is 0.280. The van der Waals surface area contributed by atoms with Crippen molar-refractivity contribution in [1.29, 1.82) is 0 Å². The van der Waals surface area contributed by atoms with Crippen LogP contribution in [0.15, 0.2) is 35.3 Å². The highest BCUT2D eigenvalue weighted by atomic mass is 32.1. The molecule has 1 aromatic carbocycles. The van der Waals surface area contributed by atoms with Gasteiger partial charge in [0.05, 0.1) is 30.9 Å². The van der Waals surface area contributed by atoms with Crippen molar-refractivity contribution >= 4 is 17.2 Å². The molecular weight excluding hydrogens is 499 g/mol. The molecule has 1 N–H and O–H groups in total. The van der Waals surface area contributed by atoms with Crippen LogP contribution in [0.25, 0.3) is 10.6 Å². The molecule has 1 unspecified atom stereocenters. The van der Waals surface area contributed by atoms with Gasteiger partial charge in [0.2, 0.25) is 5.43 Å². The Morgan fingerprint density at radius 2 is 1.95 bits per heavy atom. The van der Waals surface area contributed by atoms with Crippen LogP contribution in [0.4, 0.5) is 4.39 Å². The molecule has 2 aromatic heterocycles. The molecule has 0 aliphatic carbocycles. The molecule has 1 aliphatic heterocycles. The smallest absolute Gasteiger partial charge is 0.274 e. The van der Waals surface area contributed by atoms with Crippen LogP contribution in [0.3, 0.4) is 0 Å². The molecule has 0 saturated carbocycles. The first kappa shape index (κ1) is 26.9. The van der Waals surface area contributed by atoms with E-state index in [9.17, 15) is 19.1 Å². The lowest BCUT2D eigenvalue weighted by Crippen LogP contribution is -2.49. The van der Waals surface area contributed by atoms with E-state index in [1.807, 2.05) is 20.8 Å². The second-order valence-corrected chi connectivity index (χ2v) is 10.3. The van der Waals surface area contributed by atoms with Crippen LogP contribution in [-0.4, -0.2) is 69.7 Å². The van der Waals surface area contributed by atoms with Gasteiger partial charge in [0, 0.05) is 32.3 Å². The molecule has 37 heavy (non-hydrogen) atoms. The molecule has 0 radical (unpaired) electrons. The summed E-state index contributed by atoms with van der Waals surface area (Å²) in [6, 6.07) is 5.67. The number of rotatable bonds is 10. The van der Waals surface area contributed by atoms with Gasteiger partial charge in [0.1, 0.15) is 10.8 Å². The third-order valence-electron chi connectivity index (χ3n) is 6.54. The van der Waals surface area contributed by atoms with E-state index in [1.165, 1.54) is 23.5 Å². The van der Waals surface area contributed by atoms with Gasteiger partial charge in [-0.1, -0.05) is 30.4 Å². The Bertz CT molecular complexity index is 1310. The molecule has 11 heteroatoms. The molecule has 3 aromatic rings. The Morgan fingerprint density at radius 1 is 1.22 bits per heavy atom. The van der Waals surface area contributed by atoms with E-state index in [4.69, 9.17) is 9.47 Å². The number of pyridine rings is 1. The number of ether oxygens (including phenoxy) is 2. The molecule has 198 valence electrons. The number of halogens is 1. The molecule has 1 aliphatic rings. The predicted molar refractivity (Wildman–Crippen MR) is 138 cm³/mol. The summed E-state index contributed by atoms with van der Waals surface area (Å²) in [5.74, 6) is -1.33. The third kappa shape index (κ3) is 5.73. The fraction of sp³-hybridized carbons (Fsp3) is 0.462. The van der Waals surface area contributed by atoms with Crippen LogP contribution in [0, 0.1) is 5.82 Å². The zero-order chi connectivity index (χ0) is 26.7. The number of amides is 1. The predicted octanol–water partition coefficient (Wildman–Crippen LogP) is 3.65. The van der Waals surface area contributed by atoms with Crippen molar-refractivity contribution in [2.45, 2.75) is 51.8 Å². The Kier molecular flexibility index (Phi) is 8.35. The van der Waals surface area contributed by atoms with E-state index in [0.29, 0.717) is 29.6 Å². The average molecular weight is 531 g/mol. The number of benzene rings is 1. The van der Waals surface area contributed by atoms with Crippen LogP contribution < -0.4 is 5.43 Å². The molecule has 4 rings (SSSR count). The lowest BCUT2D eigenvalue weighted by molar-refractivity contribution is -0.0140. The van der Waals surface area contributed by atoms with Crippen molar-refractivity contribution in [1.82, 2.24) is 19.7 Å². The molecule has 0 fully saturated rings. The molecule has 1 amide bonds. The van der Waals surface area contributed by atoms with Gasteiger partial charge in [-0.2, -0.15) is 0 Å². The second kappa shape index (κ2) is 11.5. The molecule has 3 atom stereocenters. The van der Waals surface area contributed by atoms with Gasteiger partial charge in [0.25, 0.3) is 5.91 Å². The summed E-state index contributed by atoms with van der Waals surface area (Å²) in [6.07, 6.45) is 2.55. The van der Waals surface area contributed by atoms with E-state index in [2.05, 4.69) is 10.2 Å². The lowest BCUT2D eigenvalue weighted by Gasteiger charge is -2.39. The summed E-state index contributed by atoms with van der Waals surface area (Å²) in [7, 11) is 1.60. The van der Waals surface area contributed by atoms with E-state index >= 15 is 0 Å². The van der Waals surface area contributed by atoms with Crippen LogP contribution in [0.2, 0.25) is 0 Å². The zero-order valence-electron chi connectivity index (χ0n) is 21.3. The summed E-state index contributed by atoms with van der Waals surface area (Å²) in [5, 5.41) is 20.3. The van der Waals surface area contributed by atoms with Crippen molar-refractivity contribution in [3.8, 4) is 16.3 Å². The number of carbonyl (C=O) groups is 1. The van der Waals surface area contributed by atoms with Gasteiger partial charge in [-0.3, -0.25) is 9.59 Å². The lowest BCUT2D eigenvalue weighted by atomic mass is 10.1. The topological polar surface area (TPSA) is 107 Å². The fourth-order valence-corrected chi connectivity index (χ4v) is 5.19. The average Bonchev–Trinajstić information content (AvgIpc) is 3.34. The minimum Gasteiger partial charge on any atom is -0.503 e. The Balaban J connectivity index is 1.71. The highest BCUT2D eigenvalue weighted by Gasteiger charge is 2.37. The normalized spacial score (nSPS) is 17.1. The number of nitrogens with zero attached hydrogens (tertiary/aromatic N) is 4. The number of hydrogen-bond donors (Lipinski definition) is 1. The number of carbonyl (C=O) groups excluding carboxylic acids is 1. The van der Waals surface area contributed by atoms with Crippen LogP contribution in [0.5, 0.6) is 5.75 Å². The molecule has 0 spiro atoms. The molecule has 0 saturated heterocycles. The van der Waals surface area contributed by atoms with E-state index in [0.717, 1.165) is 12.0 Å². The highest BCUT2D eigenvalue weighted by Crippen LogP contribution is 2.32. The second-order valence-electron chi connectivity index (χ2n) is 9.25. The summed E-state index contributed by atoms with van der Waals surface area (Å²) < 4.78 is 26.0. The minimum atomic E-state index is -0.678. The minimum absolute atomic E-state index is 0.0515. The number of aromatic hydroxyl groups is 1. The maximum Gasteiger partial charge on any atom is 0.274 e. The van der Waals surface area contributed by atoms with Gasteiger partial charge < -0.3 is 24.0 Å². The highest BCUT2D eigenvalue weighted by molar-refractivity contribution is 7.14. The van der Waals surface area contributed by atoms with Crippen molar-refractivity contribution in [2.24, 2.45) is 0 Å². The van der Waals surface area contributed by atoms with E-state index < -0.39 is 17.1 Å². The largest absolute Gasteiger partial charge is 0.503 e. The number of hydrogen-bond acceptors (Lipinski definition) is 8. The Labute approximate surface area is 218 Å². The van der Waals surface area contributed by atoms with Gasteiger partial charge in [-0.15, -0.1) is 10.2 Å². The van der Waals surface area contributed by atoms with E-state index in [1.54, 1.807) is 34.9 Å². The summed E-state index contributed by atoms with van der Waals surface area (Å²) in [4.78, 5) is 28.2. The van der Waals surface area contributed by atoms with Crippen molar-refractivity contribution in [3.63, 3.8) is 0 Å². The van der Waals surface area contributed by atoms with Crippen LogP contribution in [0.1, 0.15) is 54.3 Å². The summed E-state index contributed by atoms with van der Waals surface area (Å²) >= 11 is 1.21. The van der Waals surface area contributed by atoms with Crippen LogP contribution in [-0.2, 0) is 15.9 Å². The molecule has 0 bridgehead atoms. The molecular formula is C26H31FN4O5S. The third-order valence-corrected chi connectivity index (χ3v) is 7.49. The monoisotopic (exact) mass is 530 g/mol. The maximum atomic E-state index is 13.3. The van der Waals surface area contributed by atoms with E-state index in [-0.39, 0.29) is 41.9 Å². The quantitative estimate of drug-likeness (QED) is 0.426. The van der Waals surface area contributed by atoms with Gasteiger partial charge in [-0.05, 0) is 38.0 Å². The van der Waals surface area contributed by atoms with Gasteiger partial charge in [-0.25, -0.2) is 4.39 Å². The van der Waals surface area contributed by atoms with Gasteiger partial charge >= 0.3 is 0 Å². The van der Waals surface area contributed by atoms with Crippen molar-refractivity contribution < 1.29 is 23.8 Å². The van der Waals surface area contributed by atoms with Crippen molar-refractivity contribution in [2.75, 3.05) is 26.9 Å². The SMILES string of the molecule is CCC(C)N1C[C@H](CO[C@H](C)COC)n2cc(-c3nnc(Cc4ccc(F)cc4)s3)c(=O)c(O)c2C1=O. The van der Waals surface area contributed by atoms with Crippen molar-refractivity contribution in [3.05, 3.63) is 62.8 Å². The first-order valence-electron chi connectivity index (χ1n) is 12.2. The zero-order valence-corrected chi connectivity index (χ0v) is 22.1. The fourth-order valence-electron chi connectivity index (χ4n) is 4.31. The summed E-state index contributed by atoms with van der Waals surface area (Å²) in [6.45, 7) is 6.85. The maximum absolute atomic E-state index is 13.3. The first-order valence-corrected chi connectivity index (χ1v) is 13.0. The number of aromatic nitrogens is 3. The number of fused-ring (bicyclic) bond motifs is 1. The molecule has 9 nitrogen and oxygen atoms in total. The van der Waals surface area contributed by atoms with Gasteiger partial charge in [0.15, 0.2) is 16.5 Å². The Morgan fingerprint density at radius 3 is 2.62 bits per heavy atom. The molecule has 3 heterocycles. The Hall–Kier alpha value is -3.15.